The highest BCUT2D eigenvalue weighted by atomic mass is 19.3. The van der Waals surface area contributed by atoms with Crippen molar-refractivity contribution in [2.45, 2.75) is 6.43 Å². The molecule has 4 heteroatoms. The number of nitriles is 1. The van der Waals surface area contributed by atoms with E-state index < -0.39 is 12.1 Å². The van der Waals surface area contributed by atoms with Gasteiger partial charge in [-0.25, -0.2) is 13.8 Å². The van der Waals surface area contributed by atoms with Crippen LogP contribution in [0.2, 0.25) is 0 Å². The topological polar surface area (TPSA) is 36.7 Å². The van der Waals surface area contributed by atoms with Crippen LogP contribution in [-0.4, -0.2) is 4.98 Å². The van der Waals surface area contributed by atoms with Gasteiger partial charge in [-0.2, -0.15) is 5.26 Å². The molecule has 11 heavy (non-hydrogen) atoms. The fourth-order valence-corrected chi connectivity index (χ4v) is 0.634. The molecule has 0 aliphatic carbocycles. The first-order valence-electron chi connectivity index (χ1n) is 2.81. The number of hydrogen-bond acceptors (Lipinski definition) is 2. The predicted molar refractivity (Wildman–Crippen MR) is 32.7 cm³/mol. The molecular formula is C7H3F2N2. The van der Waals surface area contributed by atoms with Gasteiger partial charge in [0.1, 0.15) is 11.8 Å². The van der Waals surface area contributed by atoms with E-state index in [0.29, 0.717) is 0 Å². The van der Waals surface area contributed by atoms with Crippen LogP contribution in [0.5, 0.6) is 0 Å². The van der Waals surface area contributed by atoms with Gasteiger partial charge in [-0.15, -0.1) is 0 Å². The summed E-state index contributed by atoms with van der Waals surface area (Å²) in [6, 6.07) is 4.20. The predicted octanol–water partition coefficient (Wildman–Crippen LogP) is 1.69. The van der Waals surface area contributed by atoms with Crippen molar-refractivity contribution < 1.29 is 8.78 Å². The van der Waals surface area contributed by atoms with Crippen LogP contribution in [0.1, 0.15) is 17.7 Å². The smallest absolute Gasteiger partial charge is 0.244 e. The molecule has 1 rings (SSSR count). The Balaban J connectivity index is 3.15. The second kappa shape index (κ2) is 3.06. The van der Waals surface area contributed by atoms with Gasteiger partial charge in [-0.05, 0) is 12.1 Å². The van der Waals surface area contributed by atoms with Gasteiger partial charge in [0, 0.05) is 0 Å². The zero-order chi connectivity index (χ0) is 8.27. The average molecular weight is 153 g/mol. The van der Waals surface area contributed by atoms with Crippen molar-refractivity contribution >= 4 is 0 Å². The molecule has 55 valence electrons. The standard InChI is InChI=1S/C7H3F2N2/c8-7(9)6-5(4-10)2-1-3-11-6/h1-2,7H. The number of pyridine rings is 1. The molecule has 0 saturated carbocycles. The fourth-order valence-electron chi connectivity index (χ4n) is 0.634. The van der Waals surface area contributed by atoms with E-state index in [2.05, 4.69) is 11.2 Å². The van der Waals surface area contributed by atoms with E-state index in [1.54, 1.807) is 6.07 Å². The van der Waals surface area contributed by atoms with Crippen molar-refractivity contribution in [3.63, 3.8) is 0 Å². The fraction of sp³-hybridized carbons (Fsp3) is 0.143. The van der Waals surface area contributed by atoms with Crippen LogP contribution in [0.25, 0.3) is 0 Å². The van der Waals surface area contributed by atoms with Crippen molar-refractivity contribution in [3.05, 3.63) is 29.6 Å². The molecule has 0 saturated heterocycles. The van der Waals surface area contributed by atoms with Crippen LogP contribution in [0.3, 0.4) is 0 Å². The molecule has 2 nitrogen and oxygen atoms in total. The van der Waals surface area contributed by atoms with Gasteiger partial charge in [0.25, 0.3) is 6.43 Å². The summed E-state index contributed by atoms with van der Waals surface area (Å²) in [5.41, 5.74) is -0.603. The molecule has 0 aliphatic heterocycles. The van der Waals surface area contributed by atoms with E-state index in [1.165, 1.54) is 12.1 Å². The molecule has 1 aromatic rings. The van der Waals surface area contributed by atoms with Gasteiger partial charge >= 0.3 is 0 Å². The number of aromatic nitrogens is 1. The quantitative estimate of drug-likeness (QED) is 0.615. The summed E-state index contributed by atoms with van der Waals surface area (Å²) >= 11 is 0. The maximum atomic E-state index is 12.0. The zero-order valence-corrected chi connectivity index (χ0v) is 5.38. The number of hydrogen-bond donors (Lipinski definition) is 0. The molecule has 1 aromatic heterocycles. The first-order chi connectivity index (χ1) is 5.25. The average Bonchev–Trinajstić information content (AvgIpc) is 2.04. The van der Waals surface area contributed by atoms with Gasteiger partial charge in [-0.1, -0.05) is 0 Å². The SMILES string of the molecule is N#Cc1cc[c]nc1C(F)F. The first-order valence-corrected chi connectivity index (χ1v) is 2.81. The van der Waals surface area contributed by atoms with Gasteiger partial charge in [0.15, 0.2) is 0 Å². The van der Waals surface area contributed by atoms with E-state index in [1.807, 2.05) is 0 Å². The third-order valence-electron chi connectivity index (χ3n) is 1.11. The van der Waals surface area contributed by atoms with Gasteiger partial charge in [0.2, 0.25) is 0 Å². The largest absolute Gasteiger partial charge is 0.281 e. The minimum absolute atomic E-state index is 0.0984. The van der Waals surface area contributed by atoms with Gasteiger partial charge in [-0.3, -0.25) is 0 Å². The minimum Gasteiger partial charge on any atom is -0.244 e. The highest BCUT2D eigenvalue weighted by Gasteiger charge is 2.12. The van der Waals surface area contributed by atoms with Gasteiger partial charge in [0.05, 0.1) is 11.8 Å². The second-order valence-electron chi connectivity index (χ2n) is 1.79. The lowest BCUT2D eigenvalue weighted by molar-refractivity contribution is 0.145. The number of halogens is 2. The molecule has 0 amide bonds. The number of nitrogens with zero attached hydrogens (tertiary/aromatic N) is 2. The second-order valence-corrected chi connectivity index (χ2v) is 1.79. The highest BCUT2D eigenvalue weighted by molar-refractivity contribution is 5.32. The van der Waals surface area contributed by atoms with Crippen molar-refractivity contribution in [1.82, 2.24) is 4.98 Å². The number of alkyl halides is 2. The lowest BCUT2D eigenvalue weighted by Crippen LogP contribution is -1.93. The Labute approximate surface area is 62.1 Å². The van der Waals surface area contributed by atoms with E-state index in [0.717, 1.165) is 0 Å². The summed E-state index contributed by atoms with van der Waals surface area (Å²) in [6.07, 6.45) is -0.470. The third kappa shape index (κ3) is 1.49. The zero-order valence-electron chi connectivity index (χ0n) is 5.38. The normalized spacial score (nSPS) is 9.64. The maximum Gasteiger partial charge on any atom is 0.281 e. The first kappa shape index (κ1) is 7.61. The molecule has 0 spiro atoms. The highest BCUT2D eigenvalue weighted by Crippen LogP contribution is 2.18. The maximum absolute atomic E-state index is 12.0. The Kier molecular flexibility index (Phi) is 2.12. The molecule has 0 aliphatic rings. The Morgan fingerprint density at radius 1 is 1.64 bits per heavy atom. The molecular weight excluding hydrogens is 150 g/mol. The summed E-state index contributed by atoms with van der Waals surface area (Å²) in [5, 5.41) is 8.33. The molecule has 0 fully saturated rings. The monoisotopic (exact) mass is 153 g/mol. The van der Waals surface area contributed by atoms with Crippen LogP contribution in [0.15, 0.2) is 12.1 Å². The van der Waals surface area contributed by atoms with Gasteiger partial charge < -0.3 is 0 Å². The Bertz CT molecular complexity index is 291. The van der Waals surface area contributed by atoms with Crippen molar-refractivity contribution in [2.75, 3.05) is 0 Å². The summed E-state index contributed by atoms with van der Waals surface area (Å²) in [5.74, 6) is 0. The number of rotatable bonds is 1. The summed E-state index contributed by atoms with van der Waals surface area (Å²) in [7, 11) is 0. The summed E-state index contributed by atoms with van der Waals surface area (Å²) in [4.78, 5) is 3.25. The third-order valence-corrected chi connectivity index (χ3v) is 1.11. The van der Waals surface area contributed by atoms with E-state index >= 15 is 0 Å². The Morgan fingerprint density at radius 3 is 2.82 bits per heavy atom. The van der Waals surface area contributed by atoms with E-state index in [4.69, 9.17) is 5.26 Å². The lowest BCUT2D eigenvalue weighted by atomic mass is 10.2. The van der Waals surface area contributed by atoms with Crippen molar-refractivity contribution in [1.29, 1.82) is 5.26 Å². The molecule has 0 unspecified atom stereocenters. The summed E-state index contributed by atoms with van der Waals surface area (Å²) in [6.45, 7) is 0. The van der Waals surface area contributed by atoms with Crippen molar-refractivity contribution in [2.24, 2.45) is 0 Å². The molecule has 0 aromatic carbocycles. The van der Waals surface area contributed by atoms with Crippen LogP contribution >= 0.6 is 0 Å². The van der Waals surface area contributed by atoms with Crippen LogP contribution < -0.4 is 0 Å². The molecule has 0 atom stereocenters. The molecule has 0 bridgehead atoms. The van der Waals surface area contributed by atoms with E-state index in [-0.39, 0.29) is 5.56 Å². The van der Waals surface area contributed by atoms with Crippen molar-refractivity contribution in [3.8, 4) is 6.07 Å². The summed E-state index contributed by atoms with van der Waals surface area (Å²) < 4.78 is 24.0. The van der Waals surface area contributed by atoms with Crippen LogP contribution in [-0.2, 0) is 0 Å². The Morgan fingerprint density at radius 2 is 2.36 bits per heavy atom. The lowest BCUT2D eigenvalue weighted by Gasteiger charge is -1.97. The Hall–Kier alpha value is -1.50. The molecule has 1 heterocycles. The molecule has 1 radical (unpaired) electrons. The van der Waals surface area contributed by atoms with E-state index in [9.17, 15) is 8.78 Å². The molecule has 0 N–H and O–H groups in total. The van der Waals surface area contributed by atoms with Crippen LogP contribution in [0.4, 0.5) is 8.78 Å². The minimum atomic E-state index is -2.71. The van der Waals surface area contributed by atoms with Crippen LogP contribution in [0, 0.1) is 17.5 Å².